The molecule has 0 aliphatic rings. The Bertz CT molecular complexity index is 2000. The molecular weight excluding hydrogens is 837 g/mol. The van der Waals surface area contributed by atoms with E-state index in [-0.39, 0.29) is 51.0 Å². The quantitative estimate of drug-likeness (QED) is 0.0164. The number of aliphatic carboxylic acids is 2. The Morgan fingerprint density at radius 1 is 0.677 bits per heavy atom. The van der Waals surface area contributed by atoms with Crippen molar-refractivity contribution in [2.75, 3.05) is 80.5 Å². The summed E-state index contributed by atoms with van der Waals surface area (Å²) in [5, 5.41) is 61.9. The zero-order valence-corrected chi connectivity index (χ0v) is 35.9. The fourth-order valence-electron chi connectivity index (χ4n) is 5.67. The molecule has 16 nitrogen and oxygen atoms in total. The lowest BCUT2D eigenvalue weighted by atomic mass is 10.1. The number of aliphatic hydroxyl groups is 4. The monoisotopic (exact) mass is 891 g/mol. The van der Waals surface area contributed by atoms with Crippen molar-refractivity contribution in [1.82, 2.24) is 10.6 Å². The van der Waals surface area contributed by atoms with Crippen molar-refractivity contribution in [1.29, 1.82) is 0 Å². The molecule has 0 radical (unpaired) electrons. The summed E-state index contributed by atoms with van der Waals surface area (Å²) in [4.78, 5) is 57.9. The van der Waals surface area contributed by atoms with Gasteiger partial charge in [-0.25, -0.2) is 9.59 Å². The average molecular weight is 892 g/mol. The van der Waals surface area contributed by atoms with Gasteiger partial charge in [0.2, 0.25) is 18.1 Å². The predicted octanol–water partition coefficient (Wildman–Crippen LogP) is 2.14. The second-order valence-corrected chi connectivity index (χ2v) is 15.8. The Morgan fingerprint density at radius 2 is 1.18 bits per heavy atom. The summed E-state index contributed by atoms with van der Waals surface area (Å²) < 4.78 is 1.67. The van der Waals surface area contributed by atoms with Crippen LogP contribution in [0.15, 0.2) is 109 Å². The number of allylic oxidation sites excluding steroid dienone is 4. The summed E-state index contributed by atoms with van der Waals surface area (Å²) in [6.45, 7) is 4.46. The summed E-state index contributed by atoms with van der Waals surface area (Å²) in [5.74, 6) is -3.90. The summed E-state index contributed by atoms with van der Waals surface area (Å²) in [6.07, 6.45) is 13.7. The molecule has 0 bridgehead atoms. The molecular formula is C44H55N6O10S2+. The van der Waals surface area contributed by atoms with Crippen LogP contribution in [0.4, 0.5) is 11.4 Å². The van der Waals surface area contributed by atoms with Crippen molar-refractivity contribution in [2.24, 2.45) is 4.99 Å². The number of carbonyl (C=O) groups is 4. The molecule has 62 heavy (non-hydrogen) atoms. The van der Waals surface area contributed by atoms with Gasteiger partial charge in [0.1, 0.15) is 18.6 Å². The second-order valence-electron chi connectivity index (χ2n) is 13.3. The highest BCUT2D eigenvalue weighted by molar-refractivity contribution is 8.76. The molecule has 1 aromatic heterocycles. The average Bonchev–Trinajstić information content (AvgIpc) is 3.26. The number of aromatic nitrogens is 1. The maximum absolute atomic E-state index is 13.0. The standard InChI is InChI=1S/C44H54N6O10S2/c1-2-3-6-35(14-8-33-10-16-37(17-11-33)48(21-25-51)22-26-52)45-29-41(55)46-39(43(57)58)31-61-62-32-40(44(59)60)47-42(56)30-50-20-5-4-7-36(50)15-9-34-12-18-38(19-13-34)49(23-27-53)24-28-54/h2-20,39-40,51-54H,1,21-32H2,(H3-,46,47,55,56,57,58,59,60)/p+1. The number of hydrogen-bond donors (Lipinski definition) is 8. The van der Waals surface area contributed by atoms with E-state index in [1.54, 1.807) is 47.2 Å². The number of aliphatic hydroxyl groups excluding tert-OH is 4. The van der Waals surface area contributed by atoms with Crippen LogP contribution in [0.3, 0.4) is 0 Å². The molecule has 0 saturated heterocycles. The van der Waals surface area contributed by atoms with Crippen molar-refractivity contribution < 1.29 is 54.4 Å². The zero-order valence-electron chi connectivity index (χ0n) is 34.2. The lowest BCUT2D eigenvalue weighted by molar-refractivity contribution is -0.686. The topological polar surface area (TPSA) is 236 Å². The Labute approximate surface area is 369 Å². The fraction of sp³-hybridized carbons (Fsp3) is 0.318. The molecule has 2 aromatic carbocycles. The van der Waals surface area contributed by atoms with Gasteiger partial charge in [-0.3, -0.25) is 14.6 Å². The summed E-state index contributed by atoms with van der Waals surface area (Å²) in [6, 6.07) is 17.8. The van der Waals surface area contributed by atoms with Crippen LogP contribution in [-0.2, 0) is 25.7 Å². The molecule has 2 unspecified atom stereocenters. The van der Waals surface area contributed by atoms with Crippen LogP contribution in [0.25, 0.3) is 18.2 Å². The molecule has 8 N–H and O–H groups in total. The van der Waals surface area contributed by atoms with E-state index in [0.717, 1.165) is 44.1 Å². The van der Waals surface area contributed by atoms with Crippen LogP contribution in [0.2, 0.25) is 0 Å². The molecule has 3 aromatic rings. The molecule has 0 saturated carbocycles. The van der Waals surface area contributed by atoms with E-state index in [1.165, 1.54) is 0 Å². The third-order valence-electron chi connectivity index (χ3n) is 8.81. The number of anilines is 2. The van der Waals surface area contributed by atoms with E-state index in [1.807, 2.05) is 82.6 Å². The number of nitrogens with one attached hydrogen (secondary N) is 2. The first-order chi connectivity index (χ1) is 30.0. The smallest absolute Gasteiger partial charge is 0.327 e. The maximum Gasteiger partial charge on any atom is 0.327 e. The lowest BCUT2D eigenvalue weighted by Gasteiger charge is -2.22. The van der Waals surface area contributed by atoms with E-state index < -0.39 is 35.8 Å². The predicted molar refractivity (Wildman–Crippen MR) is 246 cm³/mol. The highest BCUT2D eigenvalue weighted by atomic mass is 33.1. The molecule has 2 atom stereocenters. The number of pyridine rings is 1. The number of carboxylic acids is 2. The number of nitrogens with zero attached hydrogens (tertiary/aromatic N) is 4. The highest BCUT2D eigenvalue weighted by Gasteiger charge is 2.25. The number of rotatable bonds is 29. The Hall–Kier alpha value is -5.76. The first-order valence-corrected chi connectivity index (χ1v) is 22.1. The van der Waals surface area contributed by atoms with Gasteiger partial charge in [0.25, 0.3) is 5.91 Å². The van der Waals surface area contributed by atoms with E-state index in [2.05, 4.69) is 22.2 Å². The molecule has 1 heterocycles. The van der Waals surface area contributed by atoms with Gasteiger partial charge in [0.15, 0.2) is 6.20 Å². The number of hydrogen-bond acceptors (Lipinski definition) is 13. The van der Waals surface area contributed by atoms with Crippen LogP contribution >= 0.6 is 21.6 Å². The van der Waals surface area contributed by atoms with Gasteiger partial charge in [-0.1, -0.05) is 70.7 Å². The van der Waals surface area contributed by atoms with E-state index in [0.29, 0.717) is 37.6 Å². The second kappa shape index (κ2) is 28.7. The van der Waals surface area contributed by atoms with E-state index in [9.17, 15) is 49.8 Å². The Morgan fingerprint density at radius 3 is 1.66 bits per heavy atom. The molecule has 332 valence electrons. The fourth-order valence-corrected chi connectivity index (χ4v) is 7.98. The van der Waals surface area contributed by atoms with Gasteiger partial charge in [-0.05, 0) is 59.7 Å². The number of carbonyl (C=O) groups excluding carboxylic acids is 2. The first-order valence-electron chi connectivity index (χ1n) is 19.6. The van der Waals surface area contributed by atoms with Crippen molar-refractivity contribution in [2.45, 2.75) is 18.6 Å². The number of amides is 2. The minimum Gasteiger partial charge on any atom is -0.480 e. The summed E-state index contributed by atoms with van der Waals surface area (Å²) in [5.41, 5.74) is 4.50. The third-order valence-corrected chi connectivity index (χ3v) is 11.2. The van der Waals surface area contributed by atoms with Crippen molar-refractivity contribution in [3.8, 4) is 0 Å². The zero-order chi connectivity index (χ0) is 45.1. The highest BCUT2D eigenvalue weighted by Crippen LogP contribution is 2.23. The largest absolute Gasteiger partial charge is 0.480 e. The number of benzene rings is 2. The van der Waals surface area contributed by atoms with Crippen LogP contribution in [0.5, 0.6) is 0 Å². The lowest BCUT2D eigenvalue weighted by Crippen LogP contribution is -2.50. The van der Waals surface area contributed by atoms with Gasteiger partial charge < -0.3 is 51.1 Å². The van der Waals surface area contributed by atoms with E-state index >= 15 is 0 Å². The summed E-state index contributed by atoms with van der Waals surface area (Å²) >= 11 is 0. The minimum absolute atomic E-state index is 0.0441. The van der Waals surface area contributed by atoms with Crippen molar-refractivity contribution >= 4 is 80.7 Å². The van der Waals surface area contributed by atoms with Crippen LogP contribution in [0, 0.1) is 0 Å². The number of aliphatic imine (C=N–C) groups is 1. The molecule has 0 aliphatic heterocycles. The molecule has 2 amide bonds. The maximum atomic E-state index is 13.0. The molecule has 0 aliphatic carbocycles. The van der Waals surface area contributed by atoms with Crippen molar-refractivity contribution in [3.63, 3.8) is 0 Å². The molecule has 0 fully saturated rings. The molecule has 3 rings (SSSR count). The van der Waals surface area contributed by atoms with Crippen LogP contribution in [-0.4, -0.2) is 143 Å². The van der Waals surface area contributed by atoms with Gasteiger partial charge >= 0.3 is 11.9 Å². The molecule has 18 heteroatoms. The number of carboxylic acid groups (broad SMARTS) is 2. The molecule has 0 spiro atoms. The third kappa shape index (κ3) is 18.5. The first kappa shape index (κ1) is 50.6. The van der Waals surface area contributed by atoms with Gasteiger partial charge in [0.05, 0.1) is 32.1 Å². The van der Waals surface area contributed by atoms with Gasteiger partial charge in [-0.15, -0.1) is 0 Å². The normalized spacial score (nSPS) is 12.7. The van der Waals surface area contributed by atoms with Crippen LogP contribution in [0.1, 0.15) is 16.8 Å². The van der Waals surface area contributed by atoms with Crippen LogP contribution < -0.4 is 25.0 Å². The Kier molecular flexibility index (Phi) is 23.4. The van der Waals surface area contributed by atoms with Gasteiger partial charge in [0, 0.05) is 67.3 Å². The van der Waals surface area contributed by atoms with Crippen molar-refractivity contribution in [3.05, 3.63) is 121 Å². The van der Waals surface area contributed by atoms with E-state index in [4.69, 9.17) is 0 Å². The Balaban J connectivity index is 1.53. The summed E-state index contributed by atoms with van der Waals surface area (Å²) in [7, 11) is 2.09. The SMILES string of the molecule is C=CC=CC(C=Cc1ccc(N(CCO)CCO)cc1)=NCC(=O)NC(CSSCC(NC(=O)C[n+]1ccccc1C=Cc1ccc(N(CCO)CCO)cc1)C(=O)O)C(=O)O. The van der Waals surface area contributed by atoms with Gasteiger partial charge in [-0.2, -0.15) is 4.57 Å². The minimum atomic E-state index is -1.29.